The summed E-state index contributed by atoms with van der Waals surface area (Å²) in [7, 11) is 1.64. The van der Waals surface area contributed by atoms with Crippen molar-refractivity contribution in [2.45, 2.75) is 0 Å². The lowest BCUT2D eigenvalue weighted by Gasteiger charge is -2.02. The number of methoxy groups -OCH3 is 1. The Hall–Kier alpha value is -3.28. The van der Waals surface area contributed by atoms with Crippen molar-refractivity contribution >= 4 is 10.9 Å². The van der Waals surface area contributed by atoms with E-state index in [1.165, 1.54) is 0 Å². The van der Waals surface area contributed by atoms with E-state index in [0.29, 0.717) is 17.4 Å². The monoisotopic (exact) mass is 304 g/mol. The Morgan fingerprint density at radius 1 is 1.04 bits per heavy atom. The van der Waals surface area contributed by atoms with Gasteiger partial charge in [-0.15, -0.1) is 0 Å². The van der Waals surface area contributed by atoms with E-state index in [4.69, 9.17) is 9.26 Å². The molecule has 23 heavy (non-hydrogen) atoms. The number of hydrogen-bond acceptors (Lipinski definition) is 6. The third-order valence-corrected chi connectivity index (χ3v) is 3.46. The Morgan fingerprint density at radius 3 is 2.83 bits per heavy atom. The zero-order valence-electron chi connectivity index (χ0n) is 12.3. The van der Waals surface area contributed by atoms with Crippen molar-refractivity contribution in [1.29, 1.82) is 0 Å². The summed E-state index contributed by atoms with van der Waals surface area (Å²) in [5, 5.41) is 4.99. The minimum Gasteiger partial charge on any atom is -0.497 e. The maximum absolute atomic E-state index is 5.29. The summed E-state index contributed by atoms with van der Waals surface area (Å²) < 4.78 is 10.5. The fourth-order valence-electron chi connectivity index (χ4n) is 2.29. The van der Waals surface area contributed by atoms with Crippen molar-refractivity contribution in [1.82, 2.24) is 20.1 Å². The van der Waals surface area contributed by atoms with Gasteiger partial charge in [0.05, 0.1) is 18.2 Å². The molecule has 0 saturated heterocycles. The number of hydrogen-bond donors (Lipinski definition) is 0. The molecule has 0 aliphatic carbocycles. The van der Waals surface area contributed by atoms with Crippen LogP contribution < -0.4 is 4.74 Å². The summed E-state index contributed by atoms with van der Waals surface area (Å²) >= 11 is 0. The molecule has 4 rings (SSSR count). The molecule has 3 aromatic heterocycles. The maximum Gasteiger partial charge on any atom is 0.259 e. The highest BCUT2D eigenvalue weighted by Crippen LogP contribution is 2.24. The van der Waals surface area contributed by atoms with Crippen LogP contribution in [0.15, 0.2) is 59.4 Å². The van der Waals surface area contributed by atoms with Gasteiger partial charge in [0.1, 0.15) is 11.4 Å². The van der Waals surface area contributed by atoms with E-state index in [2.05, 4.69) is 20.1 Å². The summed E-state index contributed by atoms with van der Waals surface area (Å²) in [6, 6.07) is 13.2. The topological polar surface area (TPSA) is 73.9 Å². The number of pyridine rings is 2. The van der Waals surface area contributed by atoms with Gasteiger partial charge in [-0.2, -0.15) is 4.98 Å². The summed E-state index contributed by atoms with van der Waals surface area (Å²) in [5.41, 5.74) is 2.27. The fourth-order valence-corrected chi connectivity index (χ4v) is 2.29. The minimum atomic E-state index is 0.421. The first-order chi connectivity index (χ1) is 11.3. The van der Waals surface area contributed by atoms with Gasteiger partial charge in [0, 0.05) is 17.8 Å². The van der Waals surface area contributed by atoms with Crippen LogP contribution >= 0.6 is 0 Å². The molecular formula is C17H12N4O2. The molecule has 6 heteroatoms. The van der Waals surface area contributed by atoms with Gasteiger partial charge in [-0.25, -0.2) is 4.98 Å². The Balaban J connectivity index is 1.73. The van der Waals surface area contributed by atoms with Crippen molar-refractivity contribution in [2.24, 2.45) is 0 Å². The molecular weight excluding hydrogens is 292 g/mol. The Bertz CT molecular complexity index is 967. The molecule has 0 radical (unpaired) electrons. The lowest BCUT2D eigenvalue weighted by Crippen LogP contribution is -1.89. The number of aromatic nitrogens is 4. The van der Waals surface area contributed by atoms with Gasteiger partial charge in [-0.3, -0.25) is 4.98 Å². The number of fused-ring (bicyclic) bond motifs is 1. The van der Waals surface area contributed by atoms with Gasteiger partial charge in [0.2, 0.25) is 5.82 Å². The second-order valence-electron chi connectivity index (χ2n) is 4.92. The highest BCUT2D eigenvalue weighted by Gasteiger charge is 2.12. The molecule has 0 N–H and O–H groups in total. The van der Waals surface area contributed by atoms with E-state index in [1.807, 2.05) is 42.5 Å². The highest BCUT2D eigenvalue weighted by molar-refractivity contribution is 5.82. The highest BCUT2D eigenvalue weighted by atomic mass is 16.5. The van der Waals surface area contributed by atoms with E-state index in [0.717, 1.165) is 22.2 Å². The van der Waals surface area contributed by atoms with Crippen molar-refractivity contribution in [3.63, 3.8) is 0 Å². The third kappa shape index (κ3) is 2.50. The van der Waals surface area contributed by atoms with Gasteiger partial charge in [0.25, 0.3) is 5.89 Å². The van der Waals surface area contributed by atoms with Crippen molar-refractivity contribution in [2.75, 3.05) is 7.11 Å². The molecule has 0 aliphatic rings. The Labute approximate surface area is 131 Å². The second kappa shape index (κ2) is 5.49. The summed E-state index contributed by atoms with van der Waals surface area (Å²) in [6.45, 7) is 0. The Morgan fingerprint density at radius 2 is 2.00 bits per heavy atom. The van der Waals surface area contributed by atoms with Crippen LogP contribution in [0.1, 0.15) is 0 Å². The molecule has 4 aromatic rings. The predicted octanol–water partition coefficient (Wildman–Crippen LogP) is 3.36. The van der Waals surface area contributed by atoms with Crippen LogP contribution in [0.25, 0.3) is 33.9 Å². The first-order valence-electron chi connectivity index (χ1n) is 7.03. The Kier molecular flexibility index (Phi) is 3.20. The van der Waals surface area contributed by atoms with Crippen LogP contribution in [-0.4, -0.2) is 27.2 Å². The summed E-state index contributed by atoms with van der Waals surface area (Å²) in [4.78, 5) is 13.0. The van der Waals surface area contributed by atoms with Gasteiger partial charge in [-0.1, -0.05) is 11.2 Å². The molecule has 0 fully saturated rings. The first kappa shape index (κ1) is 13.4. The van der Waals surface area contributed by atoms with Crippen LogP contribution in [0.2, 0.25) is 0 Å². The molecule has 0 atom stereocenters. The maximum atomic E-state index is 5.29. The van der Waals surface area contributed by atoms with Crippen LogP contribution in [0.5, 0.6) is 5.75 Å². The number of ether oxygens (including phenoxy) is 1. The number of benzene rings is 1. The van der Waals surface area contributed by atoms with Crippen LogP contribution in [0, 0.1) is 0 Å². The van der Waals surface area contributed by atoms with Crippen LogP contribution in [-0.2, 0) is 0 Å². The molecule has 3 heterocycles. The van der Waals surface area contributed by atoms with Crippen molar-refractivity contribution < 1.29 is 9.26 Å². The average molecular weight is 304 g/mol. The molecule has 112 valence electrons. The smallest absolute Gasteiger partial charge is 0.259 e. The van der Waals surface area contributed by atoms with Crippen LogP contribution in [0.3, 0.4) is 0 Å². The van der Waals surface area contributed by atoms with Gasteiger partial charge in [0.15, 0.2) is 0 Å². The number of nitrogens with zero attached hydrogens (tertiary/aromatic N) is 4. The van der Waals surface area contributed by atoms with Crippen molar-refractivity contribution in [3.8, 4) is 28.7 Å². The molecule has 0 aliphatic heterocycles. The molecule has 0 spiro atoms. The molecule has 0 saturated carbocycles. The minimum absolute atomic E-state index is 0.421. The standard InChI is InChI=1S/C17H12N4O2/c1-22-13-5-7-14-11(9-13)4-6-15(19-14)16-20-17(23-21-16)12-3-2-8-18-10-12/h2-10H,1H3. The lowest BCUT2D eigenvalue weighted by atomic mass is 10.2. The fraction of sp³-hybridized carbons (Fsp3) is 0.0588. The summed E-state index contributed by atoms with van der Waals surface area (Å²) in [5.74, 6) is 1.66. The van der Waals surface area contributed by atoms with E-state index >= 15 is 0 Å². The summed E-state index contributed by atoms with van der Waals surface area (Å²) in [6.07, 6.45) is 3.37. The molecule has 0 amide bonds. The number of rotatable bonds is 3. The molecule has 0 unspecified atom stereocenters. The predicted molar refractivity (Wildman–Crippen MR) is 84.8 cm³/mol. The zero-order chi connectivity index (χ0) is 15.6. The molecule has 0 bridgehead atoms. The van der Waals surface area contributed by atoms with Gasteiger partial charge in [-0.05, 0) is 36.4 Å². The van der Waals surface area contributed by atoms with E-state index in [-0.39, 0.29) is 0 Å². The second-order valence-corrected chi connectivity index (χ2v) is 4.92. The van der Waals surface area contributed by atoms with E-state index < -0.39 is 0 Å². The lowest BCUT2D eigenvalue weighted by molar-refractivity contribution is 0.415. The quantitative estimate of drug-likeness (QED) is 0.578. The normalized spacial score (nSPS) is 10.8. The SMILES string of the molecule is COc1ccc2nc(-c3noc(-c4cccnc4)n3)ccc2c1. The van der Waals surface area contributed by atoms with Crippen molar-refractivity contribution in [3.05, 3.63) is 54.9 Å². The average Bonchev–Trinajstić information content (AvgIpc) is 3.11. The first-order valence-corrected chi connectivity index (χ1v) is 7.03. The largest absolute Gasteiger partial charge is 0.497 e. The zero-order valence-corrected chi connectivity index (χ0v) is 12.3. The molecule has 1 aromatic carbocycles. The third-order valence-electron chi connectivity index (χ3n) is 3.46. The van der Waals surface area contributed by atoms with E-state index in [9.17, 15) is 0 Å². The van der Waals surface area contributed by atoms with Crippen LogP contribution in [0.4, 0.5) is 0 Å². The molecule has 6 nitrogen and oxygen atoms in total. The van der Waals surface area contributed by atoms with Gasteiger partial charge < -0.3 is 9.26 Å². The van der Waals surface area contributed by atoms with E-state index in [1.54, 1.807) is 19.5 Å². The van der Waals surface area contributed by atoms with Gasteiger partial charge >= 0.3 is 0 Å².